The summed E-state index contributed by atoms with van der Waals surface area (Å²) in [4.78, 5) is 10.4. The molecule has 5 heteroatoms. The molecule has 1 N–H and O–H groups in total. The SMILES string of the molecule is CCNc1ccc([N+](=O)[O-])cc1CSCC(C)C. The first-order valence-electron chi connectivity index (χ1n) is 6.13. The van der Waals surface area contributed by atoms with E-state index in [-0.39, 0.29) is 10.6 Å². The second-order valence-corrected chi connectivity index (χ2v) is 5.57. The number of thioether (sulfide) groups is 1. The molecule has 0 bridgehead atoms. The molecule has 0 unspecified atom stereocenters. The van der Waals surface area contributed by atoms with Gasteiger partial charge in [-0.1, -0.05) is 13.8 Å². The minimum Gasteiger partial charge on any atom is -0.385 e. The molecule has 0 fully saturated rings. The normalized spacial score (nSPS) is 10.7. The van der Waals surface area contributed by atoms with Gasteiger partial charge in [0.2, 0.25) is 0 Å². The molecule has 0 radical (unpaired) electrons. The number of nitro groups is 1. The van der Waals surface area contributed by atoms with Crippen molar-refractivity contribution in [2.24, 2.45) is 5.92 Å². The van der Waals surface area contributed by atoms with Gasteiger partial charge in [0.25, 0.3) is 5.69 Å². The van der Waals surface area contributed by atoms with Crippen molar-refractivity contribution in [3.8, 4) is 0 Å². The average molecular weight is 268 g/mol. The molecule has 100 valence electrons. The fraction of sp³-hybridized carbons (Fsp3) is 0.538. The van der Waals surface area contributed by atoms with Gasteiger partial charge in [0.15, 0.2) is 0 Å². The molecule has 0 heterocycles. The van der Waals surface area contributed by atoms with Gasteiger partial charge in [0, 0.05) is 30.1 Å². The maximum absolute atomic E-state index is 10.8. The Morgan fingerprint density at radius 2 is 2.17 bits per heavy atom. The lowest BCUT2D eigenvalue weighted by atomic mass is 10.2. The number of rotatable bonds is 7. The lowest BCUT2D eigenvalue weighted by molar-refractivity contribution is -0.384. The van der Waals surface area contributed by atoms with E-state index in [0.717, 1.165) is 29.3 Å². The Morgan fingerprint density at radius 1 is 1.44 bits per heavy atom. The number of hydrogen-bond donors (Lipinski definition) is 1. The van der Waals surface area contributed by atoms with Gasteiger partial charge < -0.3 is 5.32 Å². The van der Waals surface area contributed by atoms with Crippen LogP contribution in [0.25, 0.3) is 0 Å². The van der Waals surface area contributed by atoms with Crippen LogP contribution in [0.3, 0.4) is 0 Å². The van der Waals surface area contributed by atoms with E-state index in [4.69, 9.17) is 0 Å². The predicted octanol–water partition coefficient (Wildman–Crippen LogP) is 3.92. The van der Waals surface area contributed by atoms with Gasteiger partial charge in [0.05, 0.1) is 4.92 Å². The van der Waals surface area contributed by atoms with Crippen LogP contribution in [0.1, 0.15) is 26.3 Å². The summed E-state index contributed by atoms with van der Waals surface area (Å²) in [5.41, 5.74) is 2.17. The molecule has 1 aromatic rings. The number of nitrogens with one attached hydrogen (secondary N) is 1. The fourth-order valence-electron chi connectivity index (χ4n) is 1.58. The number of anilines is 1. The van der Waals surface area contributed by atoms with Crippen LogP contribution in [0.4, 0.5) is 11.4 Å². The summed E-state index contributed by atoms with van der Waals surface area (Å²) < 4.78 is 0. The molecule has 0 saturated heterocycles. The Morgan fingerprint density at radius 3 is 2.72 bits per heavy atom. The Labute approximate surface area is 112 Å². The maximum atomic E-state index is 10.8. The van der Waals surface area contributed by atoms with Crippen molar-refractivity contribution in [1.82, 2.24) is 0 Å². The van der Waals surface area contributed by atoms with Crippen LogP contribution in [0, 0.1) is 16.0 Å². The van der Waals surface area contributed by atoms with E-state index in [1.807, 2.05) is 18.7 Å². The molecule has 0 aromatic heterocycles. The Balaban J connectivity index is 2.82. The zero-order valence-electron chi connectivity index (χ0n) is 11.1. The molecule has 18 heavy (non-hydrogen) atoms. The van der Waals surface area contributed by atoms with Gasteiger partial charge in [0.1, 0.15) is 0 Å². The zero-order valence-corrected chi connectivity index (χ0v) is 11.9. The lowest BCUT2D eigenvalue weighted by Crippen LogP contribution is -2.02. The van der Waals surface area contributed by atoms with Crippen molar-refractivity contribution in [3.63, 3.8) is 0 Å². The molecule has 4 nitrogen and oxygen atoms in total. The third-order valence-electron chi connectivity index (χ3n) is 2.38. The first-order chi connectivity index (χ1) is 8.54. The third-order valence-corrected chi connectivity index (χ3v) is 3.79. The van der Waals surface area contributed by atoms with Crippen LogP contribution < -0.4 is 5.32 Å². The second kappa shape index (κ2) is 7.26. The van der Waals surface area contributed by atoms with Crippen molar-refractivity contribution >= 4 is 23.1 Å². The number of nitro benzene ring substituents is 1. The van der Waals surface area contributed by atoms with E-state index in [1.165, 1.54) is 0 Å². The summed E-state index contributed by atoms with van der Waals surface area (Å²) in [6.45, 7) is 7.18. The largest absolute Gasteiger partial charge is 0.385 e. The minimum absolute atomic E-state index is 0.164. The highest BCUT2D eigenvalue weighted by Crippen LogP contribution is 2.26. The van der Waals surface area contributed by atoms with Gasteiger partial charge in [-0.25, -0.2) is 0 Å². The molecular formula is C13H20N2O2S. The van der Waals surface area contributed by atoms with Gasteiger partial charge in [-0.15, -0.1) is 0 Å². The minimum atomic E-state index is -0.341. The number of nitrogens with zero attached hydrogens (tertiary/aromatic N) is 1. The van der Waals surface area contributed by atoms with Crippen LogP contribution in [0.5, 0.6) is 0 Å². The van der Waals surface area contributed by atoms with E-state index in [2.05, 4.69) is 19.2 Å². The van der Waals surface area contributed by atoms with Crippen LogP contribution in [0.15, 0.2) is 18.2 Å². The third kappa shape index (κ3) is 4.56. The summed E-state index contributed by atoms with van der Waals surface area (Å²) in [5, 5.41) is 14.0. The van der Waals surface area contributed by atoms with Gasteiger partial charge >= 0.3 is 0 Å². The van der Waals surface area contributed by atoms with E-state index in [9.17, 15) is 10.1 Å². The number of benzene rings is 1. The summed E-state index contributed by atoms with van der Waals surface area (Å²) >= 11 is 1.81. The first-order valence-corrected chi connectivity index (χ1v) is 7.29. The molecule has 0 atom stereocenters. The molecule has 0 amide bonds. The van der Waals surface area contributed by atoms with Crippen molar-refractivity contribution in [3.05, 3.63) is 33.9 Å². The van der Waals surface area contributed by atoms with Crippen LogP contribution in [-0.2, 0) is 5.75 Å². The van der Waals surface area contributed by atoms with Crippen LogP contribution in [-0.4, -0.2) is 17.2 Å². The van der Waals surface area contributed by atoms with Gasteiger partial charge in [-0.05, 0) is 30.2 Å². The topological polar surface area (TPSA) is 55.2 Å². The summed E-state index contributed by atoms with van der Waals surface area (Å²) in [6.07, 6.45) is 0. The first kappa shape index (κ1) is 14.8. The van der Waals surface area contributed by atoms with E-state index in [1.54, 1.807) is 18.2 Å². The molecule has 0 aliphatic carbocycles. The highest BCUT2D eigenvalue weighted by molar-refractivity contribution is 7.98. The Hall–Kier alpha value is -1.23. The van der Waals surface area contributed by atoms with E-state index >= 15 is 0 Å². The molecule has 0 aliphatic heterocycles. The molecular weight excluding hydrogens is 248 g/mol. The van der Waals surface area contributed by atoms with Crippen molar-refractivity contribution in [2.75, 3.05) is 17.6 Å². The molecule has 0 spiro atoms. The van der Waals surface area contributed by atoms with E-state index < -0.39 is 0 Å². The van der Waals surface area contributed by atoms with E-state index in [0.29, 0.717) is 5.92 Å². The highest BCUT2D eigenvalue weighted by atomic mass is 32.2. The second-order valence-electron chi connectivity index (χ2n) is 4.54. The predicted molar refractivity (Wildman–Crippen MR) is 78.3 cm³/mol. The average Bonchev–Trinajstić information content (AvgIpc) is 2.30. The smallest absolute Gasteiger partial charge is 0.269 e. The summed E-state index contributed by atoms with van der Waals surface area (Å²) in [6, 6.07) is 5.02. The van der Waals surface area contributed by atoms with Gasteiger partial charge in [-0.2, -0.15) is 11.8 Å². The maximum Gasteiger partial charge on any atom is 0.269 e. The fourth-order valence-corrected chi connectivity index (χ4v) is 2.63. The Bertz CT molecular complexity index is 408. The molecule has 1 aromatic carbocycles. The molecule has 0 aliphatic rings. The van der Waals surface area contributed by atoms with Crippen molar-refractivity contribution in [1.29, 1.82) is 0 Å². The quantitative estimate of drug-likeness (QED) is 0.601. The molecule has 1 rings (SSSR count). The standard InChI is InChI=1S/C13H20N2O2S/c1-4-14-13-6-5-12(15(16)17)7-11(13)9-18-8-10(2)3/h5-7,10,14H,4,8-9H2,1-3H3. The monoisotopic (exact) mass is 268 g/mol. The summed E-state index contributed by atoms with van der Waals surface area (Å²) in [5.74, 6) is 2.51. The highest BCUT2D eigenvalue weighted by Gasteiger charge is 2.10. The van der Waals surface area contributed by atoms with Crippen LogP contribution >= 0.6 is 11.8 Å². The lowest BCUT2D eigenvalue weighted by Gasteiger charge is -2.11. The zero-order chi connectivity index (χ0) is 13.5. The number of non-ortho nitro benzene ring substituents is 1. The molecule has 0 saturated carbocycles. The summed E-state index contributed by atoms with van der Waals surface area (Å²) in [7, 11) is 0. The van der Waals surface area contributed by atoms with Crippen LogP contribution in [0.2, 0.25) is 0 Å². The Kier molecular flexibility index (Phi) is 5.98. The van der Waals surface area contributed by atoms with Gasteiger partial charge in [-0.3, -0.25) is 10.1 Å². The van der Waals surface area contributed by atoms with Crippen molar-refractivity contribution in [2.45, 2.75) is 26.5 Å². The van der Waals surface area contributed by atoms with Crippen molar-refractivity contribution < 1.29 is 4.92 Å². The number of hydrogen-bond acceptors (Lipinski definition) is 4.